The number of carbonyl (C=O) groups is 3. The highest BCUT2D eigenvalue weighted by molar-refractivity contribution is 5.79. The summed E-state index contributed by atoms with van der Waals surface area (Å²) in [5, 5.41) is 7.89. The van der Waals surface area contributed by atoms with Gasteiger partial charge >= 0.3 is 6.09 Å². The van der Waals surface area contributed by atoms with Gasteiger partial charge in [0.1, 0.15) is 19.8 Å². The van der Waals surface area contributed by atoms with Crippen LogP contribution < -0.4 is 21.4 Å². The molecule has 11 nitrogen and oxygen atoms in total. The molecule has 0 saturated carbocycles. The van der Waals surface area contributed by atoms with E-state index in [1.165, 1.54) is 11.1 Å². The topological polar surface area (TPSA) is 136 Å². The molecular formula is C26H34N4O7. The molecule has 2 aromatic rings. The SMILES string of the molecule is CNOCC(=O)NCCNC(=O)COCCOCCNC(=O)OCC1c2ccccc2-c2ccccc21. The minimum atomic E-state index is -0.496. The third kappa shape index (κ3) is 9.14. The Morgan fingerprint density at radius 3 is 1.97 bits per heavy atom. The molecule has 0 aromatic heterocycles. The molecule has 0 bridgehead atoms. The fraction of sp³-hybridized carbons (Fsp3) is 0.423. The molecule has 0 unspecified atom stereocenters. The second kappa shape index (κ2) is 15.6. The fourth-order valence-electron chi connectivity index (χ4n) is 3.90. The second-order valence-corrected chi connectivity index (χ2v) is 8.11. The Bertz CT molecular complexity index is 988. The molecule has 1 aliphatic rings. The van der Waals surface area contributed by atoms with Crippen LogP contribution in [-0.2, 0) is 28.6 Å². The lowest BCUT2D eigenvalue weighted by Crippen LogP contribution is -2.38. The third-order valence-corrected chi connectivity index (χ3v) is 5.58. The molecule has 1 aliphatic carbocycles. The van der Waals surface area contributed by atoms with Crippen molar-refractivity contribution in [2.45, 2.75) is 5.92 Å². The van der Waals surface area contributed by atoms with E-state index in [4.69, 9.17) is 19.0 Å². The zero-order valence-corrected chi connectivity index (χ0v) is 20.9. The lowest BCUT2D eigenvalue weighted by Gasteiger charge is -2.14. The average Bonchev–Trinajstić information content (AvgIpc) is 3.24. The minimum absolute atomic E-state index is 0.0143. The summed E-state index contributed by atoms with van der Waals surface area (Å²) in [6.07, 6.45) is -0.496. The Labute approximate surface area is 216 Å². The molecule has 37 heavy (non-hydrogen) atoms. The molecule has 0 saturated heterocycles. The van der Waals surface area contributed by atoms with Crippen LogP contribution in [0.4, 0.5) is 4.79 Å². The number of hydrogen-bond donors (Lipinski definition) is 4. The van der Waals surface area contributed by atoms with E-state index in [1.807, 2.05) is 24.3 Å². The molecule has 3 amide bonds. The summed E-state index contributed by atoms with van der Waals surface area (Å²) in [6.45, 7) is 1.71. The van der Waals surface area contributed by atoms with Gasteiger partial charge in [-0.2, -0.15) is 0 Å². The van der Waals surface area contributed by atoms with E-state index in [1.54, 1.807) is 7.05 Å². The first-order valence-corrected chi connectivity index (χ1v) is 12.2. The van der Waals surface area contributed by atoms with Crippen LogP contribution in [0, 0.1) is 0 Å². The van der Waals surface area contributed by atoms with E-state index in [9.17, 15) is 14.4 Å². The van der Waals surface area contributed by atoms with E-state index in [-0.39, 0.29) is 70.5 Å². The molecular weight excluding hydrogens is 480 g/mol. The number of ether oxygens (including phenoxy) is 3. The predicted octanol–water partition coefficient (Wildman–Crippen LogP) is 0.942. The summed E-state index contributed by atoms with van der Waals surface area (Å²) in [5.74, 6) is -0.566. The van der Waals surface area contributed by atoms with Crippen molar-refractivity contribution < 1.29 is 33.4 Å². The molecule has 11 heteroatoms. The molecule has 0 aliphatic heterocycles. The van der Waals surface area contributed by atoms with Crippen molar-refractivity contribution in [3.8, 4) is 11.1 Å². The van der Waals surface area contributed by atoms with Crippen LogP contribution in [0.25, 0.3) is 11.1 Å². The highest BCUT2D eigenvalue weighted by atomic mass is 16.6. The number of rotatable bonds is 16. The van der Waals surface area contributed by atoms with Gasteiger partial charge in [0.2, 0.25) is 11.8 Å². The number of amides is 3. The van der Waals surface area contributed by atoms with Gasteiger partial charge in [-0.05, 0) is 22.3 Å². The molecule has 0 heterocycles. The van der Waals surface area contributed by atoms with Crippen LogP contribution in [0.1, 0.15) is 17.0 Å². The fourth-order valence-corrected chi connectivity index (χ4v) is 3.90. The van der Waals surface area contributed by atoms with Crippen LogP contribution in [0.2, 0.25) is 0 Å². The molecule has 0 fully saturated rings. The van der Waals surface area contributed by atoms with Crippen molar-refractivity contribution in [1.82, 2.24) is 21.4 Å². The Morgan fingerprint density at radius 2 is 1.32 bits per heavy atom. The Hall–Kier alpha value is -3.51. The number of carbonyl (C=O) groups excluding carboxylic acids is 3. The molecule has 0 atom stereocenters. The van der Waals surface area contributed by atoms with Gasteiger partial charge in [0.15, 0.2) is 0 Å². The summed E-state index contributed by atoms with van der Waals surface area (Å²) in [4.78, 5) is 39.9. The van der Waals surface area contributed by atoms with Gasteiger partial charge in [-0.15, -0.1) is 0 Å². The van der Waals surface area contributed by atoms with E-state index in [2.05, 4.69) is 45.7 Å². The summed E-state index contributed by atoms with van der Waals surface area (Å²) >= 11 is 0. The van der Waals surface area contributed by atoms with Crippen molar-refractivity contribution in [3.05, 3.63) is 59.7 Å². The number of hydrogen-bond acceptors (Lipinski definition) is 8. The number of benzene rings is 2. The van der Waals surface area contributed by atoms with Gasteiger partial charge < -0.3 is 30.2 Å². The van der Waals surface area contributed by atoms with Crippen LogP contribution >= 0.6 is 0 Å². The minimum Gasteiger partial charge on any atom is -0.449 e. The number of alkyl carbamates (subject to hydrolysis) is 1. The zero-order chi connectivity index (χ0) is 26.3. The highest BCUT2D eigenvalue weighted by Gasteiger charge is 2.28. The lowest BCUT2D eigenvalue weighted by molar-refractivity contribution is -0.129. The lowest BCUT2D eigenvalue weighted by atomic mass is 9.98. The first kappa shape index (κ1) is 28.1. The Balaban J connectivity index is 1.19. The van der Waals surface area contributed by atoms with Crippen molar-refractivity contribution >= 4 is 17.9 Å². The van der Waals surface area contributed by atoms with E-state index < -0.39 is 6.09 Å². The third-order valence-electron chi connectivity index (χ3n) is 5.58. The maximum absolute atomic E-state index is 12.1. The van der Waals surface area contributed by atoms with Gasteiger partial charge in [-0.25, -0.2) is 10.3 Å². The first-order valence-electron chi connectivity index (χ1n) is 12.2. The molecule has 200 valence electrons. The zero-order valence-electron chi connectivity index (χ0n) is 20.9. The number of nitrogens with one attached hydrogen (secondary N) is 4. The van der Waals surface area contributed by atoms with Crippen LogP contribution in [0.15, 0.2) is 48.5 Å². The van der Waals surface area contributed by atoms with Crippen molar-refractivity contribution in [2.75, 3.05) is 66.3 Å². The quantitative estimate of drug-likeness (QED) is 0.192. The molecule has 3 rings (SSSR count). The number of fused-ring (bicyclic) bond motifs is 3. The van der Waals surface area contributed by atoms with Crippen molar-refractivity contribution in [1.29, 1.82) is 0 Å². The van der Waals surface area contributed by atoms with Crippen LogP contribution in [0.3, 0.4) is 0 Å². The van der Waals surface area contributed by atoms with Crippen LogP contribution in [0.5, 0.6) is 0 Å². The van der Waals surface area contributed by atoms with E-state index in [0.717, 1.165) is 11.1 Å². The normalized spacial score (nSPS) is 11.9. The standard InChI is InChI=1S/C26H34N4O7/c1-27-37-18-25(32)29-11-10-28-24(31)17-35-15-14-34-13-12-30-26(33)36-16-23-21-8-4-2-6-19(21)20-7-3-5-9-22(20)23/h2-9,23,27H,10-18H2,1H3,(H,28,31)(H,29,32)(H,30,33). The van der Waals surface area contributed by atoms with Crippen molar-refractivity contribution in [2.24, 2.45) is 0 Å². The first-order chi connectivity index (χ1) is 18.1. The summed E-state index contributed by atoms with van der Waals surface area (Å²) in [5.41, 5.74) is 7.08. The Kier molecular flexibility index (Phi) is 11.8. The second-order valence-electron chi connectivity index (χ2n) is 8.11. The Morgan fingerprint density at radius 1 is 0.730 bits per heavy atom. The monoisotopic (exact) mass is 514 g/mol. The van der Waals surface area contributed by atoms with E-state index >= 15 is 0 Å². The average molecular weight is 515 g/mol. The molecule has 0 radical (unpaired) electrons. The summed E-state index contributed by atoms with van der Waals surface area (Å²) in [7, 11) is 1.56. The molecule has 2 aromatic carbocycles. The van der Waals surface area contributed by atoms with Gasteiger partial charge in [-0.1, -0.05) is 48.5 Å². The van der Waals surface area contributed by atoms with Gasteiger partial charge in [0.05, 0.1) is 19.8 Å². The number of hydroxylamine groups is 1. The maximum atomic E-state index is 12.1. The highest BCUT2D eigenvalue weighted by Crippen LogP contribution is 2.44. The van der Waals surface area contributed by atoms with Gasteiger partial charge in [0, 0.05) is 32.6 Å². The maximum Gasteiger partial charge on any atom is 0.407 e. The predicted molar refractivity (Wildman–Crippen MR) is 136 cm³/mol. The summed E-state index contributed by atoms with van der Waals surface area (Å²) < 4.78 is 16.1. The van der Waals surface area contributed by atoms with Gasteiger partial charge in [0.25, 0.3) is 0 Å². The smallest absolute Gasteiger partial charge is 0.407 e. The molecule has 4 N–H and O–H groups in total. The molecule has 0 spiro atoms. The van der Waals surface area contributed by atoms with Crippen molar-refractivity contribution in [3.63, 3.8) is 0 Å². The van der Waals surface area contributed by atoms with E-state index in [0.29, 0.717) is 6.54 Å². The largest absolute Gasteiger partial charge is 0.449 e. The summed E-state index contributed by atoms with van der Waals surface area (Å²) in [6, 6.07) is 16.3. The van der Waals surface area contributed by atoms with Crippen LogP contribution in [-0.4, -0.2) is 84.2 Å². The van der Waals surface area contributed by atoms with Gasteiger partial charge in [-0.3, -0.25) is 14.4 Å².